The number of anilines is 1. The number of hydrogen-bond acceptors (Lipinski definition) is 11. The van der Waals surface area contributed by atoms with Crippen LogP contribution in [0, 0.1) is 5.92 Å². The van der Waals surface area contributed by atoms with Gasteiger partial charge in [-0.25, -0.2) is 14.8 Å². The van der Waals surface area contributed by atoms with Crippen molar-refractivity contribution in [2.24, 2.45) is 5.92 Å². The molecule has 3 aromatic heterocycles. The molecular formula is C19H18F3N9O3. The first kappa shape index (κ1) is 21.9. The summed E-state index contributed by atoms with van der Waals surface area (Å²) in [5.41, 5.74) is -0.587. The average Bonchev–Trinajstić information content (AvgIpc) is 3.54. The average molecular weight is 477 g/mol. The highest BCUT2D eigenvalue weighted by molar-refractivity contribution is 5.81. The highest BCUT2D eigenvalue weighted by Gasteiger charge is 2.42. The summed E-state index contributed by atoms with van der Waals surface area (Å²) in [6.45, 7) is 2.21. The fourth-order valence-electron chi connectivity index (χ4n) is 3.69. The van der Waals surface area contributed by atoms with Gasteiger partial charge in [-0.05, 0) is 18.8 Å². The molecule has 0 unspecified atom stereocenters. The summed E-state index contributed by atoms with van der Waals surface area (Å²) >= 11 is 0. The molecule has 4 heterocycles. The van der Waals surface area contributed by atoms with Crippen molar-refractivity contribution in [1.82, 2.24) is 40.5 Å². The molecule has 1 aliphatic heterocycles. The number of aromatic nitrogens is 7. The minimum atomic E-state index is -5.30. The Hall–Kier alpha value is -3.88. The Morgan fingerprint density at radius 1 is 1.15 bits per heavy atom. The fraction of sp³-hybridized carbons (Fsp3) is 0.421. The maximum Gasteiger partial charge on any atom is 0.491 e. The Balaban J connectivity index is 1.45. The van der Waals surface area contributed by atoms with Crippen molar-refractivity contribution in [1.29, 1.82) is 0 Å². The lowest BCUT2D eigenvalue weighted by Crippen LogP contribution is -2.52. The quantitative estimate of drug-likeness (QED) is 0.505. The van der Waals surface area contributed by atoms with Crippen LogP contribution in [-0.4, -0.2) is 78.1 Å². The smallest absolute Gasteiger partial charge is 0.491 e. The number of halogens is 3. The topological polar surface area (TPSA) is 144 Å². The second-order valence-electron chi connectivity index (χ2n) is 7.86. The molecule has 1 saturated carbocycles. The van der Waals surface area contributed by atoms with Gasteiger partial charge in [0, 0.05) is 25.7 Å². The number of hydrogen-bond donors (Lipinski definition) is 2. The number of pyridine rings is 1. The molecule has 0 spiro atoms. The number of carbonyl (C=O) groups excluding carboxylic acids is 1. The number of rotatable bonds is 5. The first-order valence-corrected chi connectivity index (χ1v) is 10.4. The van der Waals surface area contributed by atoms with E-state index >= 15 is 0 Å². The number of ether oxygens (including phenoxy) is 1. The number of nitrogens with one attached hydrogen (secondary N) is 1. The van der Waals surface area contributed by atoms with Crippen LogP contribution in [0.2, 0.25) is 0 Å². The molecule has 0 radical (unpaired) electrons. The van der Waals surface area contributed by atoms with E-state index in [0.29, 0.717) is 24.5 Å². The van der Waals surface area contributed by atoms with Gasteiger partial charge in [0.25, 0.3) is 0 Å². The van der Waals surface area contributed by atoms with Crippen LogP contribution in [0.4, 0.5) is 19.1 Å². The minimum absolute atomic E-state index is 0.0283. The second-order valence-corrected chi connectivity index (χ2v) is 7.86. The maximum absolute atomic E-state index is 12.8. The first-order chi connectivity index (χ1) is 16.3. The fourth-order valence-corrected chi connectivity index (χ4v) is 3.69. The van der Waals surface area contributed by atoms with Crippen LogP contribution in [-0.2, 0) is 4.79 Å². The molecular weight excluding hydrogens is 459 g/mol. The van der Waals surface area contributed by atoms with Crippen molar-refractivity contribution in [3.05, 3.63) is 24.8 Å². The zero-order chi connectivity index (χ0) is 23.9. The minimum Gasteiger partial charge on any atom is -0.503 e. The van der Waals surface area contributed by atoms with Crippen molar-refractivity contribution < 1.29 is 27.8 Å². The first-order valence-electron chi connectivity index (χ1n) is 10.4. The third-order valence-corrected chi connectivity index (χ3v) is 5.52. The Morgan fingerprint density at radius 3 is 2.56 bits per heavy atom. The number of alkyl halides is 3. The molecule has 0 aromatic carbocycles. The van der Waals surface area contributed by atoms with E-state index in [-0.39, 0.29) is 17.1 Å². The van der Waals surface area contributed by atoms with Crippen molar-refractivity contribution in [3.8, 4) is 28.6 Å². The van der Waals surface area contributed by atoms with Crippen LogP contribution in [0.3, 0.4) is 0 Å². The molecule has 3 aromatic rings. The van der Waals surface area contributed by atoms with Gasteiger partial charge in [-0.1, -0.05) is 0 Å². The van der Waals surface area contributed by atoms with E-state index in [9.17, 15) is 23.1 Å². The molecule has 178 valence electrons. The number of carbonyl (C=O) groups is 1. The Morgan fingerprint density at radius 2 is 1.91 bits per heavy atom. The third-order valence-electron chi connectivity index (χ3n) is 5.52. The van der Waals surface area contributed by atoms with E-state index in [0.717, 1.165) is 24.1 Å². The molecule has 5 rings (SSSR count). The van der Waals surface area contributed by atoms with Crippen LogP contribution in [0.5, 0.6) is 11.5 Å². The molecule has 1 aliphatic carbocycles. The van der Waals surface area contributed by atoms with Gasteiger partial charge in [0.1, 0.15) is 11.4 Å². The van der Waals surface area contributed by atoms with Crippen LogP contribution in [0.25, 0.3) is 17.1 Å². The summed E-state index contributed by atoms with van der Waals surface area (Å²) in [5.74, 6) is -3.19. The third kappa shape index (κ3) is 4.33. The van der Waals surface area contributed by atoms with Gasteiger partial charge in [0.2, 0.25) is 11.7 Å². The molecule has 1 atom stereocenters. The lowest BCUT2D eigenvalue weighted by Gasteiger charge is -2.33. The summed E-state index contributed by atoms with van der Waals surface area (Å²) in [4.78, 5) is 22.6. The molecule has 2 aliphatic rings. The van der Waals surface area contributed by atoms with E-state index < -0.39 is 23.6 Å². The van der Waals surface area contributed by atoms with Crippen LogP contribution in [0.15, 0.2) is 24.8 Å². The lowest BCUT2D eigenvalue weighted by molar-refractivity contribution is -0.189. The number of nitrogens with zero attached hydrogens (tertiary/aromatic N) is 8. The van der Waals surface area contributed by atoms with Crippen molar-refractivity contribution in [2.45, 2.75) is 25.1 Å². The zero-order valence-electron chi connectivity index (χ0n) is 17.5. The highest BCUT2D eigenvalue weighted by atomic mass is 19.4. The molecule has 1 saturated heterocycles. The standard InChI is InChI=1S/C19H18F3N9O3/c20-19(21,22)17(33)34-16-13(31-26-3-4-27-31)8-24-14(15(16)32)11-7-25-18(29-28-11)30-6-5-23-12(9-30)10-1-2-10/h3-4,7-8,10,12,23,32H,1-2,5-6,9H2/t12-/m1/s1. The van der Waals surface area contributed by atoms with E-state index in [1.165, 1.54) is 31.4 Å². The van der Waals surface area contributed by atoms with Gasteiger partial charge in [-0.2, -0.15) is 23.4 Å². The number of esters is 1. The van der Waals surface area contributed by atoms with E-state index in [2.05, 4.69) is 40.4 Å². The van der Waals surface area contributed by atoms with Gasteiger partial charge < -0.3 is 20.1 Å². The lowest BCUT2D eigenvalue weighted by atomic mass is 10.1. The number of aromatic hydroxyl groups is 1. The molecule has 12 nitrogen and oxygen atoms in total. The van der Waals surface area contributed by atoms with Crippen molar-refractivity contribution in [3.63, 3.8) is 0 Å². The Bertz CT molecular complexity index is 1180. The maximum atomic E-state index is 12.8. The predicted octanol–water partition coefficient (Wildman–Crippen LogP) is 0.876. The summed E-state index contributed by atoms with van der Waals surface area (Å²) in [6.07, 6.45) is 1.92. The van der Waals surface area contributed by atoms with E-state index in [1.54, 1.807) is 0 Å². The van der Waals surface area contributed by atoms with Gasteiger partial charge >= 0.3 is 12.1 Å². The summed E-state index contributed by atoms with van der Waals surface area (Å²) in [5, 5.41) is 29.8. The molecule has 15 heteroatoms. The monoisotopic (exact) mass is 477 g/mol. The summed E-state index contributed by atoms with van der Waals surface area (Å²) in [7, 11) is 0. The summed E-state index contributed by atoms with van der Waals surface area (Å²) in [6, 6.07) is 0.358. The molecule has 0 amide bonds. The van der Waals surface area contributed by atoms with E-state index in [4.69, 9.17) is 0 Å². The normalized spacial score (nSPS) is 18.7. The zero-order valence-corrected chi connectivity index (χ0v) is 17.5. The largest absolute Gasteiger partial charge is 0.503 e. The van der Waals surface area contributed by atoms with Crippen LogP contribution in [0.1, 0.15) is 12.8 Å². The van der Waals surface area contributed by atoms with E-state index in [1.807, 2.05) is 4.90 Å². The summed E-state index contributed by atoms with van der Waals surface area (Å²) < 4.78 is 42.9. The molecule has 34 heavy (non-hydrogen) atoms. The molecule has 2 N–H and O–H groups in total. The van der Waals surface area contributed by atoms with Crippen LogP contribution >= 0.6 is 0 Å². The Kier molecular flexibility index (Phi) is 5.47. The van der Waals surface area contributed by atoms with Gasteiger partial charge in [0.15, 0.2) is 11.4 Å². The SMILES string of the molecule is O=C(Oc1c(-n2nccn2)cnc(-c2cnc(N3CCN[C@@H](C4CC4)C3)nn2)c1O)C(F)(F)F. The Labute approximate surface area is 189 Å². The van der Waals surface area contributed by atoms with Crippen molar-refractivity contribution in [2.75, 3.05) is 24.5 Å². The second kappa shape index (κ2) is 8.48. The van der Waals surface area contributed by atoms with Gasteiger partial charge in [0.05, 0.1) is 24.8 Å². The van der Waals surface area contributed by atoms with Crippen LogP contribution < -0.4 is 15.0 Å². The van der Waals surface area contributed by atoms with Crippen molar-refractivity contribution >= 4 is 11.9 Å². The predicted molar refractivity (Wildman–Crippen MR) is 108 cm³/mol. The molecule has 0 bridgehead atoms. The van der Waals surface area contributed by atoms with Gasteiger partial charge in [-0.15, -0.1) is 15.0 Å². The number of piperazine rings is 1. The highest BCUT2D eigenvalue weighted by Crippen LogP contribution is 2.40. The molecule has 2 fully saturated rings. The van der Waals surface area contributed by atoms with Gasteiger partial charge in [-0.3, -0.25) is 0 Å².